The van der Waals surface area contributed by atoms with E-state index in [0.29, 0.717) is 19.3 Å². The van der Waals surface area contributed by atoms with Crippen molar-refractivity contribution in [3.05, 3.63) is 0 Å². The number of unbranched alkanes of at least 4 members (excludes halogenated alkanes) is 45. The van der Waals surface area contributed by atoms with Gasteiger partial charge in [-0.1, -0.05) is 316 Å². The van der Waals surface area contributed by atoms with E-state index in [-0.39, 0.29) is 6.42 Å². The molecule has 1 aliphatic rings. The molecule has 0 aromatic carbocycles. The molecular weight excluding hydrogens is 931 g/mol. The molecular formula is C63H125NO10. The van der Waals surface area contributed by atoms with E-state index in [1.165, 1.54) is 250 Å². The van der Waals surface area contributed by atoms with Gasteiger partial charge in [0.05, 0.1) is 25.4 Å². The Balaban J connectivity index is 2.21. The van der Waals surface area contributed by atoms with Crippen LogP contribution in [0.2, 0.25) is 0 Å². The van der Waals surface area contributed by atoms with Crippen molar-refractivity contribution in [3.8, 4) is 0 Å². The minimum Gasteiger partial charge on any atom is -0.394 e. The van der Waals surface area contributed by atoms with E-state index in [0.717, 1.165) is 38.5 Å². The van der Waals surface area contributed by atoms with Gasteiger partial charge in [0, 0.05) is 0 Å². The quantitative estimate of drug-likeness (QED) is 0.0272. The lowest BCUT2D eigenvalue weighted by atomic mass is 9.98. The highest BCUT2D eigenvalue weighted by Crippen LogP contribution is 2.24. The van der Waals surface area contributed by atoms with Gasteiger partial charge in [-0.2, -0.15) is 0 Å². The van der Waals surface area contributed by atoms with E-state index in [2.05, 4.69) is 19.2 Å². The molecule has 1 fully saturated rings. The lowest BCUT2D eigenvalue weighted by Crippen LogP contribution is -2.60. The van der Waals surface area contributed by atoms with E-state index in [9.17, 15) is 40.5 Å². The molecule has 11 nitrogen and oxygen atoms in total. The number of hydrogen-bond donors (Lipinski definition) is 8. The number of hydrogen-bond acceptors (Lipinski definition) is 10. The molecule has 74 heavy (non-hydrogen) atoms. The summed E-state index contributed by atoms with van der Waals surface area (Å²) in [5, 5.41) is 76.4. The monoisotopic (exact) mass is 1060 g/mol. The molecule has 0 aromatic rings. The molecule has 1 saturated heterocycles. The second-order valence-corrected chi connectivity index (χ2v) is 23.2. The summed E-state index contributed by atoms with van der Waals surface area (Å²) in [5.41, 5.74) is 0. The van der Waals surface area contributed by atoms with Crippen LogP contribution in [0.1, 0.15) is 328 Å². The van der Waals surface area contributed by atoms with Crippen molar-refractivity contribution in [2.75, 3.05) is 13.2 Å². The third kappa shape index (κ3) is 40.3. The number of rotatable bonds is 57. The highest BCUT2D eigenvalue weighted by Gasteiger charge is 2.44. The summed E-state index contributed by atoms with van der Waals surface area (Å²) in [6.45, 7) is 3.51. The molecule has 0 saturated carbocycles. The Kier molecular flexibility index (Phi) is 50.7. The number of carbonyl (C=O) groups excluding carboxylic acids is 1. The summed E-state index contributed by atoms with van der Waals surface area (Å²) in [5.74, 6) is -0.689. The third-order valence-electron chi connectivity index (χ3n) is 16.2. The fraction of sp³-hybridized carbons (Fsp3) is 0.984. The zero-order valence-electron chi connectivity index (χ0n) is 48.6. The van der Waals surface area contributed by atoms with Gasteiger partial charge in [-0.25, -0.2) is 0 Å². The van der Waals surface area contributed by atoms with Crippen LogP contribution in [0.15, 0.2) is 0 Å². The molecule has 8 N–H and O–H groups in total. The van der Waals surface area contributed by atoms with E-state index in [4.69, 9.17) is 9.47 Å². The van der Waals surface area contributed by atoms with Gasteiger partial charge in [0.15, 0.2) is 6.29 Å². The van der Waals surface area contributed by atoms with Gasteiger partial charge in [0.25, 0.3) is 0 Å². The molecule has 1 aliphatic heterocycles. The maximum atomic E-state index is 13.2. The van der Waals surface area contributed by atoms with Gasteiger partial charge >= 0.3 is 0 Å². The van der Waals surface area contributed by atoms with Crippen LogP contribution in [0.3, 0.4) is 0 Å². The molecule has 442 valence electrons. The van der Waals surface area contributed by atoms with Crippen molar-refractivity contribution < 1.29 is 50.0 Å². The van der Waals surface area contributed by atoms with Crippen LogP contribution < -0.4 is 5.32 Å². The molecule has 9 unspecified atom stereocenters. The van der Waals surface area contributed by atoms with Gasteiger partial charge in [0.1, 0.15) is 36.6 Å². The predicted octanol–water partition coefficient (Wildman–Crippen LogP) is 14.5. The number of aliphatic hydroxyl groups is 7. The summed E-state index contributed by atoms with van der Waals surface area (Å²) in [6.07, 6.45) is 50.3. The van der Waals surface area contributed by atoms with Crippen LogP contribution in [0.4, 0.5) is 0 Å². The zero-order valence-corrected chi connectivity index (χ0v) is 48.6. The predicted molar refractivity (Wildman–Crippen MR) is 307 cm³/mol. The fourth-order valence-electron chi connectivity index (χ4n) is 10.9. The van der Waals surface area contributed by atoms with Crippen molar-refractivity contribution in [3.63, 3.8) is 0 Å². The summed E-state index contributed by atoms with van der Waals surface area (Å²) in [7, 11) is 0. The number of amides is 1. The minimum absolute atomic E-state index is 0.267. The minimum atomic E-state index is -1.66. The first-order valence-corrected chi connectivity index (χ1v) is 32.4. The highest BCUT2D eigenvalue weighted by molar-refractivity contribution is 5.80. The summed E-state index contributed by atoms with van der Waals surface area (Å²) >= 11 is 0. The average molecular weight is 1060 g/mol. The second kappa shape index (κ2) is 52.8. The lowest BCUT2D eigenvalue weighted by molar-refractivity contribution is -0.303. The first kappa shape index (κ1) is 71.1. The van der Waals surface area contributed by atoms with E-state index in [1.807, 2.05) is 0 Å². The fourth-order valence-corrected chi connectivity index (χ4v) is 10.9. The maximum Gasteiger partial charge on any atom is 0.249 e. The summed E-state index contributed by atoms with van der Waals surface area (Å²) < 4.78 is 11.2. The molecule has 11 heteroatoms. The van der Waals surface area contributed by atoms with Gasteiger partial charge < -0.3 is 50.5 Å². The van der Waals surface area contributed by atoms with Crippen molar-refractivity contribution in [1.29, 1.82) is 0 Å². The number of carbonyl (C=O) groups is 1. The van der Waals surface area contributed by atoms with Gasteiger partial charge in [0.2, 0.25) is 5.91 Å². The van der Waals surface area contributed by atoms with Crippen molar-refractivity contribution in [2.24, 2.45) is 0 Å². The topological polar surface area (TPSA) is 189 Å². The van der Waals surface area contributed by atoms with Crippen LogP contribution in [-0.2, 0) is 14.3 Å². The SMILES string of the molecule is CCCCCCCCCCCCCCCCCCCCCCCCCCCCCCCC(O)C(O)C(COC1OC(CO)C(O)C(O)C1O)NC(=O)C(O)CCCCCCCCCCCCCCCCCCCC. The van der Waals surface area contributed by atoms with Crippen LogP contribution >= 0.6 is 0 Å². The van der Waals surface area contributed by atoms with Crippen LogP contribution in [0.25, 0.3) is 0 Å². The molecule has 1 amide bonds. The first-order valence-electron chi connectivity index (χ1n) is 32.4. The number of nitrogens with one attached hydrogen (secondary N) is 1. The maximum absolute atomic E-state index is 13.2. The smallest absolute Gasteiger partial charge is 0.249 e. The Bertz CT molecular complexity index is 1160. The molecule has 9 atom stereocenters. The molecule has 0 bridgehead atoms. The van der Waals surface area contributed by atoms with Gasteiger partial charge in [-0.05, 0) is 12.8 Å². The molecule has 1 rings (SSSR count). The van der Waals surface area contributed by atoms with E-state index < -0.39 is 74.2 Å². The van der Waals surface area contributed by atoms with Gasteiger partial charge in [-0.15, -0.1) is 0 Å². The van der Waals surface area contributed by atoms with Crippen LogP contribution in [0.5, 0.6) is 0 Å². The van der Waals surface area contributed by atoms with Crippen LogP contribution in [-0.4, -0.2) is 110 Å². The zero-order chi connectivity index (χ0) is 54.0. The van der Waals surface area contributed by atoms with E-state index in [1.54, 1.807) is 0 Å². The standard InChI is InChI=1S/C63H125NO10/c1-3-5-7-9-11-13-15-17-19-21-23-24-25-26-27-28-29-30-31-32-33-35-36-38-40-42-44-46-48-50-55(66)58(68)54(53-73-63-61(71)60(70)59(69)57(52-65)74-63)64-62(72)56(67)51-49-47-45-43-41-39-37-34-22-20-18-16-14-12-10-8-6-4-2/h54-61,63,65-71H,3-53H2,1-2H3,(H,64,72). The first-order chi connectivity index (χ1) is 36.2. The van der Waals surface area contributed by atoms with Gasteiger partial charge in [-0.3, -0.25) is 4.79 Å². The number of aliphatic hydroxyl groups excluding tert-OH is 7. The average Bonchev–Trinajstić information content (AvgIpc) is 3.40. The Labute approximate surface area is 456 Å². The largest absolute Gasteiger partial charge is 0.394 e. The van der Waals surface area contributed by atoms with Crippen molar-refractivity contribution in [1.82, 2.24) is 5.32 Å². The molecule has 1 heterocycles. The highest BCUT2D eigenvalue weighted by atomic mass is 16.7. The summed E-state index contributed by atoms with van der Waals surface area (Å²) in [6, 6.07) is -1.16. The molecule has 0 radical (unpaired) electrons. The third-order valence-corrected chi connectivity index (χ3v) is 16.2. The van der Waals surface area contributed by atoms with Crippen LogP contribution in [0, 0.1) is 0 Å². The van der Waals surface area contributed by atoms with E-state index >= 15 is 0 Å². The van der Waals surface area contributed by atoms with Crippen molar-refractivity contribution in [2.45, 2.75) is 384 Å². The Hall–Kier alpha value is -0.890. The Morgan fingerprint density at radius 2 is 0.703 bits per heavy atom. The second-order valence-electron chi connectivity index (χ2n) is 23.2. The Morgan fingerprint density at radius 1 is 0.419 bits per heavy atom. The molecule has 0 aromatic heterocycles. The number of ether oxygens (including phenoxy) is 2. The molecule has 0 spiro atoms. The lowest BCUT2D eigenvalue weighted by Gasteiger charge is -2.40. The van der Waals surface area contributed by atoms with Crippen molar-refractivity contribution >= 4 is 5.91 Å². The Morgan fingerprint density at radius 3 is 1.00 bits per heavy atom. The molecule has 0 aliphatic carbocycles. The summed E-state index contributed by atoms with van der Waals surface area (Å²) in [4.78, 5) is 13.2. The normalized spacial score (nSPS) is 19.7.